The third kappa shape index (κ3) is 3.77. The molecule has 0 spiro atoms. The van der Waals surface area contributed by atoms with E-state index in [0.29, 0.717) is 11.2 Å². The summed E-state index contributed by atoms with van der Waals surface area (Å²) in [7, 11) is 1.65. The summed E-state index contributed by atoms with van der Waals surface area (Å²) in [6.45, 7) is 6.00. The summed E-state index contributed by atoms with van der Waals surface area (Å²) in [5, 5.41) is 10.2. The molecule has 2 aromatic carbocycles. The minimum Gasteiger partial charge on any atom is -0.507 e. The second kappa shape index (κ2) is 7.79. The fourth-order valence-electron chi connectivity index (χ4n) is 4.97. The smallest absolute Gasteiger partial charge is 0.123 e. The molecule has 1 saturated heterocycles. The number of benzene rings is 2. The first-order chi connectivity index (χ1) is 13.5. The van der Waals surface area contributed by atoms with Crippen LogP contribution in [0.25, 0.3) is 11.1 Å². The van der Waals surface area contributed by atoms with Crippen LogP contribution >= 0.6 is 0 Å². The lowest BCUT2D eigenvalue weighted by Gasteiger charge is -2.39. The second-order valence-electron chi connectivity index (χ2n) is 8.86. The van der Waals surface area contributed by atoms with Gasteiger partial charge in [-0.3, -0.25) is 4.90 Å². The van der Waals surface area contributed by atoms with Crippen molar-refractivity contribution in [3.63, 3.8) is 0 Å². The molecule has 1 saturated carbocycles. The van der Waals surface area contributed by atoms with Crippen LogP contribution in [0.5, 0.6) is 11.5 Å². The van der Waals surface area contributed by atoms with Gasteiger partial charge in [0.05, 0.1) is 7.11 Å². The lowest BCUT2D eigenvalue weighted by molar-refractivity contribution is 0.0984. The van der Waals surface area contributed by atoms with Crippen molar-refractivity contribution in [3.05, 3.63) is 48.0 Å². The van der Waals surface area contributed by atoms with Crippen LogP contribution in [-0.2, 0) is 5.41 Å². The number of nitrogens with zero attached hydrogens (tertiary/aromatic N) is 1. The van der Waals surface area contributed by atoms with E-state index in [-0.39, 0.29) is 0 Å². The third-order valence-electron chi connectivity index (χ3n) is 7.09. The molecule has 150 valence electrons. The van der Waals surface area contributed by atoms with E-state index in [0.717, 1.165) is 29.0 Å². The SMILES string of the molecule is COc1ccc(O)c(-c2ccc(C3(CCN4C(C)CCCC4C)CC3)cc2)c1. The zero-order valence-electron chi connectivity index (χ0n) is 17.4. The number of methoxy groups -OCH3 is 1. The van der Waals surface area contributed by atoms with Crippen LogP contribution in [0.2, 0.25) is 0 Å². The molecule has 1 aliphatic heterocycles. The van der Waals surface area contributed by atoms with Crippen molar-refractivity contribution in [1.82, 2.24) is 4.90 Å². The molecule has 2 aliphatic rings. The van der Waals surface area contributed by atoms with Crippen molar-refractivity contribution in [2.24, 2.45) is 0 Å². The zero-order valence-corrected chi connectivity index (χ0v) is 17.4. The van der Waals surface area contributed by atoms with Crippen molar-refractivity contribution in [3.8, 4) is 22.6 Å². The van der Waals surface area contributed by atoms with Crippen LogP contribution in [-0.4, -0.2) is 35.7 Å². The molecule has 1 aliphatic carbocycles. The Kier molecular flexibility index (Phi) is 5.37. The summed E-state index contributed by atoms with van der Waals surface area (Å²) in [5.41, 5.74) is 3.68. The highest BCUT2D eigenvalue weighted by molar-refractivity contribution is 5.72. The van der Waals surface area contributed by atoms with Crippen LogP contribution in [0.3, 0.4) is 0 Å². The molecule has 28 heavy (non-hydrogen) atoms. The number of ether oxygens (including phenoxy) is 1. The maximum Gasteiger partial charge on any atom is 0.123 e. The minimum absolute atomic E-state index is 0.294. The third-order valence-corrected chi connectivity index (χ3v) is 7.09. The van der Waals surface area contributed by atoms with E-state index in [1.807, 2.05) is 6.07 Å². The Hall–Kier alpha value is -2.00. The molecule has 2 atom stereocenters. The average Bonchev–Trinajstić information content (AvgIpc) is 3.49. The Morgan fingerprint density at radius 1 is 1.04 bits per heavy atom. The van der Waals surface area contributed by atoms with Gasteiger partial charge in [0, 0.05) is 17.6 Å². The van der Waals surface area contributed by atoms with E-state index >= 15 is 0 Å². The zero-order chi connectivity index (χ0) is 19.7. The van der Waals surface area contributed by atoms with Gasteiger partial charge in [0.25, 0.3) is 0 Å². The molecule has 0 amide bonds. The molecule has 3 nitrogen and oxygen atoms in total. The monoisotopic (exact) mass is 379 g/mol. The summed E-state index contributed by atoms with van der Waals surface area (Å²) >= 11 is 0. The predicted octanol–water partition coefficient (Wildman–Crippen LogP) is 5.75. The highest BCUT2D eigenvalue weighted by Crippen LogP contribution is 2.51. The van der Waals surface area contributed by atoms with E-state index in [1.54, 1.807) is 19.2 Å². The van der Waals surface area contributed by atoms with Gasteiger partial charge in [-0.15, -0.1) is 0 Å². The van der Waals surface area contributed by atoms with Crippen LogP contribution in [0, 0.1) is 0 Å². The number of phenolic OH excluding ortho intramolecular Hbond substituents is 1. The van der Waals surface area contributed by atoms with Gasteiger partial charge < -0.3 is 9.84 Å². The summed E-state index contributed by atoms with van der Waals surface area (Å²) in [5.74, 6) is 1.06. The molecular formula is C25H33NO2. The van der Waals surface area contributed by atoms with Gasteiger partial charge >= 0.3 is 0 Å². The van der Waals surface area contributed by atoms with Gasteiger partial charge in [0.1, 0.15) is 11.5 Å². The van der Waals surface area contributed by atoms with Gasteiger partial charge in [-0.1, -0.05) is 30.7 Å². The lowest BCUT2D eigenvalue weighted by Crippen LogP contribution is -2.44. The molecule has 1 heterocycles. The maximum atomic E-state index is 10.2. The maximum absolute atomic E-state index is 10.2. The van der Waals surface area contributed by atoms with E-state index < -0.39 is 0 Å². The standard InChI is InChI=1S/C25H33NO2/c1-18-5-4-6-19(2)26(18)16-15-25(13-14-25)21-9-7-20(8-10-21)23-17-22(28-3)11-12-24(23)27/h7-12,17-19,27H,4-6,13-16H2,1-3H3. The van der Waals surface area contributed by atoms with Crippen molar-refractivity contribution in [2.45, 2.75) is 69.9 Å². The molecule has 2 fully saturated rings. The van der Waals surface area contributed by atoms with Gasteiger partial charge in [-0.25, -0.2) is 0 Å². The molecule has 0 bridgehead atoms. The Morgan fingerprint density at radius 3 is 2.32 bits per heavy atom. The first kappa shape index (κ1) is 19.3. The molecular weight excluding hydrogens is 346 g/mol. The lowest BCUT2D eigenvalue weighted by atomic mass is 9.89. The first-order valence-corrected chi connectivity index (χ1v) is 10.8. The number of hydrogen-bond acceptors (Lipinski definition) is 3. The second-order valence-corrected chi connectivity index (χ2v) is 8.86. The summed E-state index contributed by atoms with van der Waals surface area (Å²) < 4.78 is 5.31. The quantitative estimate of drug-likeness (QED) is 0.693. The molecule has 3 heteroatoms. The van der Waals surface area contributed by atoms with Gasteiger partial charge in [0.15, 0.2) is 0 Å². The Labute approximate surface area is 169 Å². The summed E-state index contributed by atoms with van der Waals surface area (Å²) in [4.78, 5) is 2.73. The normalized spacial score (nSPS) is 24.1. The van der Waals surface area contributed by atoms with Crippen molar-refractivity contribution in [1.29, 1.82) is 0 Å². The number of piperidine rings is 1. The average molecular weight is 380 g/mol. The molecule has 2 aromatic rings. The largest absolute Gasteiger partial charge is 0.507 e. The Bertz CT molecular complexity index is 800. The topological polar surface area (TPSA) is 32.7 Å². The van der Waals surface area contributed by atoms with Gasteiger partial charge in [0.2, 0.25) is 0 Å². The van der Waals surface area contributed by atoms with Crippen LogP contribution in [0.4, 0.5) is 0 Å². The molecule has 1 N–H and O–H groups in total. The number of hydrogen-bond donors (Lipinski definition) is 1. The molecule has 2 unspecified atom stereocenters. The Morgan fingerprint density at radius 2 is 1.71 bits per heavy atom. The van der Waals surface area contributed by atoms with Gasteiger partial charge in [-0.05, 0) is 87.2 Å². The first-order valence-electron chi connectivity index (χ1n) is 10.8. The van der Waals surface area contributed by atoms with E-state index in [4.69, 9.17) is 4.74 Å². The number of likely N-dealkylation sites (tertiary alicyclic amines) is 1. The predicted molar refractivity (Wildman–Crippen MR) is 115 cm³/mol. The van der Waals surface area contributed by atoms with E-state index in [2.05, 4.69) is 43.0 Å². The highest BCUT2D eigenvalue weighted by atomic mass is 16.5. The highest BCUT2D eigenvalue weighted by Gasteiger charge is 2.44. The van der Waals surface area contributed by atoms with Crippen LogP contribution in [0.15, 0.2) is 42.5 Å². The fraction of sp³-hybridized carbons (Fsp3) is 0.520. The molecule has 4 rings (SSSR count). The summed E-state index contributed by atoms with van der Waals surface area (Å²) in [6.07, 6.45) is 7.92. The molecule has 0 radical (unpaired) electrons. The number of phenols is 1. The van der Waals surface area contributed by atoms with Crippen molar-refractivity contribution >= 4 is 0 Å². The Balaban J connectivity index is 1.48. The van der Waals surface area contributed by atoms with Gasteiger partial charge in [-0.2, -0.15) is 0 Å². The summed E-state index contributed by atoms with van der Waals surface area (Å²) in [6, 6.07) is 15.7. The van der Waals surface area contributed by atoms with E-state index in [9.17, 15) is 5.11 Å². The van der Waals surface area contributed by atoms with Crippen LogP contribution < -0.4 is 4.74 Å². The number of rotatable bonds is 6. The van der Waals surface area contributed by atoms with E-state index in [1.165, 1.54) is 50.6 Å². The molecule has 0 aromatic heterocycles. The fourth-order valence-corrected chi connectivity index (χ4v) is 4.97. The van der Waals surface area contributed by atoms with Crippen LogP contribution in [0.1, 0.15) is 57.9 Å². The number of aromatic hydroxyl groups is 1. The van der Waals surface area contributed by atoms with Crippen molar-refractivity contribution in [2.75, 3.05) is 13.7 Å². The minimum atomic E-state index is 0.294. The van der Waals surface area contributed by atoms with Crippen molar-refractivity contribution < 1.29 is 9.84 Å².